The zero-order valence-electron chi connectivity index (χ0n) is 22.1. The Labute approximate surface area is 188 Å². The van der Waals surface area contributed by atoms with Gasteiger partial charge in [-0.25, -0.2) is 0 Å². The summed E-state index contributed by atoms with van der Waals surface area (Å²) in [5.41, 5.74) is 13.9. The average molecular weight is 423 g/mol. The second-order valence-electron chi connectivity index (χ2n) is 12.8. The van der Waals surface area contributed by atoms with Gasteiger partial charge in [0.05, 0.1) is 0 Å². The SMILES string of the molecule is CN1CCC(C(N)(CCCCCN)C2CCN(C)C(C)(C)C2(C)C)C(C)(C)C1(C)C. The van der Waals surface area contributed by atoms with Gasteiger partial charge in [-0.2, -0.15) is 0 Å². The van der Waals surface area contributed by atoms with E-state index in [-0.39, 0.29) is 27.4 Å². The van der Waals surface area contributed by atoms with Gasteiger partial charge < -0.3 is 21.3 Å². The van der Waals surface area contributed by atoms with Crippen molar-refractivity contribution in [3.8, 4) is 0 Å². The largest absolute Gasteiger partial charge is 0.330 e. The highest BCUT2D eigenvalue weighted by Crippen LogP contribution is 2.59. The van der Waals surface area contributed by atoms with Gasteiger partial charge >= 0.3 is 0 Å². The van der Waals surface area contributed by atoms with Gasteiger partial charge in [0.25, 0.3) is 0 Å². The van der Waals surface area contributed by atoms with Crippen LogP contribution < -0.4 is 11.5 Å². The summed E-state index contributed by atoms with van der Waals surface area (Å²) in [6.45, 7) is 22.7. The van der Waals surface area contributed by atoms with Gasteiger partial charge in [-0.1, -0.05) is 40.5 Å². The Kier molecular flexibility index (Phi) is 7.52. The molecule has 178 valence electrons. The Morgan fingerprint density at radius 2 is 1.13 bits per heavy atom. The molecule has 2 rings (SSSR count). The third-order valence-electron chi connectivity index (χ3n) is 10.9. The number of likely N-dealkylation sites (tertiary alicyclic amines) is 2. The molecule has 2 fully saturated rings. The van der Waals surface area contributed by atoms with E-state index in [2.05, 4.69) is 79.3 Å². The Hall–Kier alpha value is -0.160. The first-order chi connectivity index (χ1) is 13.6. The molecule has 0 amide bonds. The monoisotopic (exact) mass is 422 g/mol. The molecule has 4 nitrogen and oxygen atoms in total. The molecular weight excluding hydrogens is 368 g/mol. The van der Waals surface area contributed by atoms with Crippen LogP contribution in [0.5, 0.6) is 0 Å². The van der Waals surface area contributed by atoms with Crippen LogP contribution in [0.4, 0.5) is 0 Å². The highest BCUT2D eigenvalue weighted by Gasteiger charge is 2.61. The molecule has 0 aromatic carbocycles. The maximum atomic E-state index is 7.75. The molecule has 30 heavy (non-hydrogen) atoms. The molecular formula is C26H54N4. The van der Waals surface area contributed by atoms with Crippen molar-refractivity contribution in [1.29, 1.82) is 0 Å². The van der Waals surface area contributed by atoms with Crippen molar-refractivity contribution in [2.24, 2.45) is 34.1 Å². The third kappa shape index (κ3) is 4.00. The first kappa shape index (κ1) is 26.1. The molecule has 2 atom stereocenters. The number of rotatable bonds is 7. The first-order valence-electron chi connectivity index (χ1n) is 12.5. The summed E-state index contributed by atoms with van der Waals surface area (Å²) in [5, 5.41) is 0. The van der Waals surface area contributed by atoms with Gasteiger partial charge in [-0.15, -0.1) is 0 Å². The standard InChI is InChI=1S/C26H54N4/c1-22(2)20(14-18-29(9)24(22,5)6)26(28,16-12-11-13-17-27)21-15-19-30(10)25(7,8)23(21,3)4/h20-21H,11-19,27-28H2,1-10H3. The Morgan fingerprint density at radius 3 is 1.50 bits per heavy atom. The highest BCUT2D eigenvalue weighted by molar-refractivity contribution is 5.16. The van der Waals surface area contributed by atoms with Crippen LogP contribution >= 0.6 is 0 Å². The summed E-state index contributed by atoms with van der Waals surface area (Å²) in [7, 11) is 4.58. The molecule has 0 radical (unpaired) electrons. The van der Waals surface area contributed by atoms with Crippen LogP contribution in [0, 0.1) is 22.7 Å². The van der Waals surface area contributed by atoms with E-state index in [1.54, 1.807) is 0 Å². The van der Waals surface area contributed by atoms with Gasteiger partial charge in [-0.05, 0) is 110 Å². The van der Waals surface area contributed by atoms with Gasteiger partial charge in [0.1, 0.15) is 0 Å². The van der Waals surface area contributed by atoms with E-state index in [0.717, 1.165) is 32.5 Å². The van der Waals surface area contributed by atoms with E-state index < -0.39 is 0 Å². The lowest BCUT2D eigenvalue weighted by atomic mass is 9.47. The van der Waals surface area contributed by atoms with Gasteiger partial charge in [0, 0.05) is 16.6 Å². The van der Waals surface area contributed by atoms with Gasteiger partial charge in [0.15, 0.2) is 0 Å². The van der Waals surface area contributed by atoms with E-state index in [1.165, 1.54) is 25.7 Å². The van der Waals surface area contributed by atoms with Crippen molar-refractivity contribution in [3.63, 3.8) is 0 Å². The summed E-state index contributed by atoms with van der Waals surface area (Å²) in [5.74, 6) is 1.02. The van der Waals surface area contributed by atoms with Crippen molar-refractivity contribution in [2.75, 3.05) is 33.7 Å². The minimum Gasteiger partial charge on any atom is -0.330 e. The normalized spacial score (nSPS) is 33.2. The molecule has 2 heterocycles. The molecule has 0 saturated carbocycles. The predicted octanol–water partition coefficient (Wildman–Crippen LogP) is 4.72. The number of unbranched alkanes of at least 4 members (excludes halogenated alkanes) is 2. The number of piperidine rings is 2. The zero-order valence-corrected chi connectivity index (χ0v) is 22.1. The highest BCUT2D eigenvalue weighted by atomic mass is 15.2. The summed E-state index contributed by atoms with van der Waals surface area (Å²) in [4.78, 5) is 5.12. The molecule has 2 unspecified atom stereocenters. The molecule has 4 heteroatoms. The molecule has 2 aliphatic rings. The first-order valence-corrected chi connectivity index (χ1v) is 12.5. The zero-order chi connectivity index (χ0) is 23.2. The predicted molar refractivity (Wildman–Crippen MR) is 132 cm³/mol. The molecule has 0 bridgehead atoms. The maximum absolute atomic E-state index is 7.75. The molecule has 0 aromatic heterocycles. The van der Waals surface area contributed by atoms with Crippen molar-refractivity contribution in [3.05, 3.63) is 0 Å². The van der Waals surface area contributed by atoms with E-state index in [9.17, 15) is 0 Å². The summed E-state index contributed by atoms with van der Waals surface area (Å²) in [6.07, 6.45) is 7.02. The van der Waals surface area contributed by atoms with Crippen molar-refractivity contribution < 1.29 is 0 Å². The summed E-state index contributed by atoms with van der Waals surface area (Å²) >= 11 is 0. The molecule has 2 saturated heterocycles. The Balaban J connectivity index is 2.51. The van der Waals surface area contributed by atoms with Crippen LogP contribution in [-0.2, 0) is 0 Å². The lowest BCUT2D eigenvalue weighted by Gasteiger charge is -2.66. The van der Waals surface area contributed by atoms with Crippen LogP contribution in [0.1, 0.15) is 93.9 Å². The summed E-state index contributed by atoms with van der Waals surface area (Å²) < 4.78 is 0. The van der Waals surface area contributed by atoms with Crippen LogP contribution in [0.3, 0.4) is 0 Å². The second kappa shape index (κ2) is 8.65. The second-order valence-corrected chi connectivity index (χ2v) is 12.8. The van der Waals surface area contributed by atoms with E-state index in [4.69, 9.17) is 11.5 Å². The quantitative estimate of drug-likeness (QED) is 0.583. The van der Waals surface area contributed by atoms with Crippen molar-refractivity contribution >= 4 is 0 Å². The summed E-state index contributed by atoms with van der Waals surface area (Å²) in [6, 6.07) is 0. The fourth-order valence-corrected chi connectivity index (χ4v) is 6.99. The van der Waals surface area contributed by atoms with Crippen molar-refractivity contribution in [1.82, 2.24) is 9.80 Å². The smallest absolute Gasteiger partial charge is 0.0224 e. The number of nitrogens with zero attached hydrogens (tertiary/aromatic N) is 2. The van der Waals surface area contributed by atoms with E-state index >= 15 is 0 Å². The van der Waals surface area contributed by atoms with Crippen LogP contribution in [0.25, 0.3) is 0 Å². The van der Waals surface area contributed by atoms with Crippen LogP contribution in [0.2, 0.25) is 0 Å². The molecule has 0 aromatic rings. The number of nitrogens with two attached hydrogens (primary N) is 2. The van der Waals surface area contributed by atoms with Gasteiger partial charge in [0.2, 0.25) is 0 Å². The lowest BCUT2D eigenvalue weighted by molar-refractivity contribution is -0.144. The molecule has 0 aliphatic carbocycles. The van der Waals surface area contributed by atoms with Gasteiger partial charge in [-0.3, -0.25) is 0 Å². The topological polar surface area (TPSA) is 58.5 Å². The van der Waals surface area contributed by atoms with Crippen LogP contribution in [-0.4, -0.2) is 60.1 Å². The molecule has 4 N–H and O–H groups in total. The minimum atomic E-state index is -0.154. The van der Waals surface area contributed by atoms with Crippen molar-refractivity contribution in [2.45, 2.75) is 111 Å². The maximum Gasteiger partial charge on any atom is 0.0224 e. The fourth-order valence-electron chi connectivity index (χ4n) is 6.99. The van der Waals surface area contributed by atoms with E-state index in [0.29, 0.717) is 11.8 Å². The Morgan fingerprint density at radius 1 is 0.733 bits per heavy atom. The molecule has 0 spiro atoms. The molecule has 2 aliphatic heterocycles. The van der Waals surface area contributed by atoms with E-state index in [1.807, 2.05) is 0 Å². The van der Waals surface area contributed by atoms with Crippen LogP contribution in [0.15, 0.2) is 0 Å². The lowest BCUT2D eigenvalue weighted by Crippen LogP contribution is -2.73. The number of hydrogen-bond donors (Lipinski definition) is 2. The average Bonchev–Trinajstić information content (AvgIpc) is 2.62. The Bertz CT molecular complexity index is 536. The minimum absolute atomic E-state index is 0.128. The third-order valence-corrected chi connectivity index (χ3v) is 10.9. The fraction of sp³-hybridized carbons (Fsp3) is 1.00. The number of hydrogen-bond acceptors (Lipinski definition) is 4.